The molecule has 26 heavy (non-hydrogen) atoms. The Bertz CT molecular complexity index is 1090. The van der Waals surface area contributed by atoms with Gasteiger partial charge in [0.1, 0.15) is 6.10 Å². The van der Waals surface area contributed by atoms with E-state index in [4.69, 9.17) is 4.74 Å². The fourth-order valence-electron chi connectivity index (χ4n) is 3.74. The van der Waals surface area contributed by atoms with Crippen LogP contribution in [-0.2, 0) is 4.74 Å². The van der Waals surface area contributed by atoms with E-state index in [9.17, 15) is 5.11 Å². The van der Waals surface area contributed by atoms with Crippen LogP contribution in [0.3, 0.4) is 0 Å². The Labute approximate surface area is 152 Å². The maximum atomic E-state index is 10.4. The van der Waals surface area contributed by atoms with Crippen molar-refractivity contribution in [1.82, 2.24) is 0 Å². The largest absolute Gasteiger partial charge is 0.364 e. The molecule has 2 heteroatoms. The maximum absolute atomic E-state index is 10.4. The van der Waals surface area contributed by atoms with Crippen LogP contribution in [0.5, 0.6) is 0 Å². The molecule has 0 bridgehead atoms. The molecule has 1 aliphatic rings. The zero-order valence-corrected chi connectivity index (χ0v) is 14.2. The number of benzene rings is 4. The molecule has 0 radical (unpaired) electrons. The van der Waals surface area contributed by atoms with Gasteiger partial charge in [0.05, 0.1) is 0 Å². The van der Waals surface area contributed by atoms with Crippen LogP contribution in [0.1, 0.15) is 29.1 Å². The molecule has 2 nitrogen and oxygen atoms in total. The van der Waals surface area contributed by atoms with Gasteiger partial charge in [-0.2, -0.15) is 0 Å². The van der Waals surface area contributed by atoms with Crippen LogP contribution in [0.15, 0.2) is 91.0 Å². The molecular formula is C24H18O2. The molecule has 0 aromatic heterocycles. The minimum absolute atomic E-state index is 0.256. The first-order chi connectivity index (χ1) is 12.8. The summed E-state index contributed by atoms with van der Waals surface area (Å²) in [4.78, 5) is 0. The summed E-state index contributed by atoms with van der Waals surface area (Å²) in [6, 6.07) is 31.1. The van der Waals surface area contributed by atoms with Gasteiger partial charge in [0, 0.05) is 5.56 Å². The second-order valence-electron chi connectivity index (χ2n) is 6.68. The van der Waals surface area contributed by atoms with Crippen LogP contribution in [0, 0.1) is 0 Å². The zero-order chi connectivity index (χ0) is 17.5. The van der Waals surface area contributed by atoms with Crippen molar-refractivity contribution >= 4 is 10.8 Å². The Morgan fingerprint density at radius 1 is 0.615 bits per heavy atom. The summed E-state index contributed by atoms with van der Waals surface area (Å²) in [6.07, 6.45) is -1.14. The van der Waals surface area contributed by atoms with E-state index in [-0.39, 0.29) is 6.10 Å². The highest BCUT2D eigenvalue weighted by atomic mass is 16.6. The van der Waals surface area contributed by atoms with Gasteiger partial charge in [0.25, 0.3) is 0 Å². The highest BCUT2D eigenvalue weighted by Gasteiger charge is 2.32. The molecular weight excluding hydrogens is 320 g/mol. The lowest BCUT2D eigenvalue weighted by Gasteiger charge is -2.14. The molecule has 2 unspecified atom stereocenters. The van der Waals surface area contributed by atoms with E-state index in [0.29, 0.717) is 0 Å². The van der Waals surface area contributed by atoms with Crippen molar-refractivity contribution in [3.63, 3.8) is 0 Å². The van der Waals surface area contributed by atoms with Gasteiger partial charge < -0.3 is 9.84 Å². The lowest BCUT2D eigenvalue weighted by Crippen LogP contribution is -2.00. The quantitative estimate of drug-likeness (QED) is 0.514. The Balaban J connectivity index is 1.62. The average molecular weight is 338 g/mol. The average Bonchev–Trinajstić information content (AvgIpc) is 3.04. The molecule has 0 saturated carbocycles. The molecule has 0 spiro atoms. The zero-order valence-electron chi connectivity index (χ0n) is 14.2. The van der Waals surface area contributed by atoms with E-state index in [1.807, 2.05) is 42.5 Å². The van der Waals surface area contributed by atoms with Crippen LogP contribution in [0.2, 0.25) is 0 Å². The molecule has 1 N–H and O–H groups in total. The normalized spacial score (nSPS) is 18.8. The lowest BCUT2D eigenvalue weighted by molar-refractivity contribution is -0.108. The fourth-order valence-corrected chi connectivity index (χ4v) is 3.74. The summed E-state index contributed by atoms with van der Waals surface area (Å²) >= 11 is 0. The molecule has 1 aliphatic heterocycles. The van der Waals surface area contributed by atoms with Crippen molar-refractivity contribution in [2.24, 2.45) is 0 Å². The van der Waals surface area contributed by atoms with Crippen LogP contribution < -0.4 is 0 Å². The summed E-state index contributed by atoms with van der Waals surface area (Å²) in [7, 11) is 0. The number of fused-ring (bicyclic) bond motifs is 2. The minimum atomic E-state index is -0.883. The monoisotopic (exact) mass is 338 g/mol. The van der Waals surface area contributed by atoms with E-state index in [0.717, 1.165) is 27.8 Å². The van der Waals surface area contributed by atoms with Gasteiger partial charge in [-0.1, -0.05) is 78.9 Å². The molecule has 0 aliphatic carbocycles. The van der Waals surface area contributed by atoms with E-state index < -0.39 is 6.29 Å². The van der Waals surface area contributed by atoms with Crippen molar-refractivity contribution in [1.29, 1.82) is 0 Å². The summed E-state index contributed by atoms with van der Waals surface area (Å²) in [5.41, 5.74) is 5.24. The number of ether oxygens (including phenoxy) is 1. The summed E-state index contributed by atoms with van der Waals surface area (Å²) in [5, 5.41) is 12.7. The molecule has 0 fully saturated rings. The van der Waals surface area contributed by atoms with Gasteiger partial charge >= 0.3 is 0 Å². The van der Waals surface area contributed by atoms with Crippen LogP contribution in [-0.4, -0.2) is 5.11 Å². The van der Waals surface area contributed by atoms with Crippen LogP contribution in [0.4, 0.5) is 0 Å². The number of aliphatic hydroxyl groups excluding tert-OH is 1. The van der Waals surface area contributed by atoms with Gasteiger partial charge in [-0.3, -0.25) is 0 Å². The van der Waals surface area contributed by atoms with Crippen molar-refractivity contribution in [3.8, 4) is 11.1 Å². The van der Waals surface area contributed by atoms with Crippen molar-refractivity contribution in [3.05, 3.63) is 108 Å². The summed E-state index contributed by atoms with van der Waals surface area (Å²) in [5.74, 6) is 0. The number of rotatable bonds is 2. The van der Waals surface area contributed by atoms with Crippen molar-refractivity contribution < 1.29 is 9.84 Å². The number of hydrogen-bond acceptors (Lipinski definition) is 2. The SMILES string of the molecule is OC1OC(c2ccc3ccccc3c2)c2cc(-c3ccccc3)ccc21. The summed E-state index contributed by atoms with van der Waals surface area (Å²) < 4.78 is 5.91. The van der Waals surface area contributed by atoms with E-state index in [1.165, 1.54) is 10.8 Å². The Hall–Kier alpha value is -2.94. The van der Waals surface area contributed by atoms with Gasteiger partial charge in [-0.05, 0) is 45.2 Å². The summed E-state index contributed by atoms with van der Waals surface area (Å²) in [6.45, 7) is 0. The van der Waals surface area contributed by atoms with Gasteiger partial charge in [0.15, 0.2) is 6.29 Å². The molecule has 2 atom stereocenters. The van der Waals surface area contributed by atoms with E-state index in [2.05, 4.69) is 48.5 Å². The Morgan fingerprint density at radius 2 is 1.38 bits per heavy atom. The minimum Gasteiger partial charge on any atom is -0.364 e. The molecule has 126 valence electrons. The molecule has 4 aromatic rings. The smallest absolute Gasteiger partial charge is 0.182 e. The first-order valence-electron chi connectivity index (χ1n) is 8.81. The predicted molar refractivity (Wildman–Crippen MR) is 104 cm³/mol. The third-order valence-electron chi connectivity index (χ3n) is 5.08. The first kappa shape index (κ1) is 15.3. The first-order valence-corrected chi connectivity index (χ1v) is 8.81. The predicted octanol–water partition coefficient (Wildman–Crippen LogP) is 5.62. The third kappa shape index (κ3) is 2.51. The second-order valence-corrected chi connectivity index (χ2v) is 6.68. The molecule has 0 saturated heterocycles. The molecule has 4 aromatic carbocycles. The Morgan fingerprint density at radius 3 is 2.23 bits per heavy atom. The maximum Gasteiger partial charge on any atom is 0.182 e. The topological polar surface area (TPSA) is 29.5 Å². The van der Waals surface area contributed by atoms with Crippen LogP contribution in [0.25, 0.3) is 21.9 Å². The lowest BCUT2D eigenvalue weighted by atomic mass is 9.93. The molecule has 5 rings (SSSR count). The van der Waals surface area contributed by atoms with E-state index in [1.54, 1.807) is 0 Å². The van der Waals surface area contributed by atoms with E-state index >= 15 is 0 Å². The number of hydrogen-bond donors (Lipinski definition) is 1. The second kappa shape index (κ2) is 6.10. The highest BCUT2D eigenvalue weighted by Crippen LogP contribution is 2.43. The molecule has 1 heterocycles. The fraction of sp³-hybridized carbons (Fsp3) is 0.0833. The molecule has 0 amide bonds. The van der Waals surface area contributed by atoms with Gasteiger partial charge in [-0.15, -0.1) is 0 Å². The van der Waals surface area contributed by atoms with Crippen molar-refractivity contribution in [2.75, 3.05) is 0 Å². The van der Waals surface area contributed by atoms with Crippen molar-refractivity contribution in [2.45, 2.75) is 12.4 Å². The van der Waals surface area contributed by atoms with Gasteiger partial charge in [-0.25, -0.2) is 0 Å². The van der Waals surface area contributed by atoms with Gasteiger partial charge in [0.2, 0.25) is 0 Å². The Kier molecular flexibility index (Phi) is 3.59. The highest BCUT2D eigenvalue weighted by molar-refractivity contribution is 5.83. The standard InChI is InChI=1S/C24H18O2/c25-24-21-13-12-19(16-6-2-1-3-7-16)15-22(21)23(26-24)20-11-10-17-8-4-5-9-18(17)14-20/h1-15,23-25H. The number of aliphatic hydroxyl groups is 1. The van der Waals surface area contributed by atoms with Crippen LogP contribution >= 0.6 is 0 Å². The third-order valence-corrected chi connectivity index (χ3v) is 5.08.